The van der Waals surface area contributed by atoms with E-state index in [0.29, 0.717) is 33.1 Å². The van der Waals surface area contributed by atoms with E-state index in [4.69, 9.17) is 16.3 Å². The third kappa shape index (κ3) is 2.68. The van der Waals surface area contributed by atoms with Gasteiger partial charge in [0.25, 0.3) is 5.91 Å². The first kappa shape index (κ1) is 13.8. The number of aromatic nitrogens is 2. The lowest BCUT2D eigenvalue weighted by Gasteiger charge is -2.08. The highest BCUT2D eigenvalue weighted by Crippen LogP contribution is 2.30. The molecule has 2 aromatic carbocycles. The molecule has 0 unspecified atom stereocenters. The molecule has 0 atom stereocenters. The van der Waals surface area contributed by atoms with Crippen molar-refractivity contribution >= 4 is 46.0 Å². The Balaban J connectivity index is 1.96. The number of carbonyl (C=O) groups excluding carboxylic acids is 1. The van der Waals surface area contributed by atoms with Gasteiger partial charge in [-0.3, -0.25) is 4.79 Å². The Kier molecular flexibility index (Phi) is 3.72. The number of benzene rings is 2. The van der Waals surface area contributed by atoms with Gasteiger partial charge >= 0.3 is 0 Å². The lowest BCUT2D eigenvalue weighted by Crippen LogP contribution is -2.12. The Labute approximate surface area is 129 Å². The largest absolute Gasteiger partial charge is 0.497 e. The number of hydrogen-bond acceptors (Lipinski definition) is 5. The molecule has 0 aliphatic heterocycles. The fourth-order valence-electron chi connectivity index (χ4n) is 1.90. The molecule has 0 saturated carbocycles. The predicted molar refractivity (Wildman–Crippen MR) is 83.4 cm³/mol. The monoisotopic (exact) mass is 319 g/mol. The first-order valence-corrected chi connectivity index (χ1v) is 7.16. The van der Waals surface area contributed by atoms with Crippen molar-refractivity contribution in [1.82, 2.24) is 8.75 Å². The van der Waals surface area contributed by atoms with Crippen LogP contribution in [0.15, 0.2) is 36.4 Å². The molecule has 0 aliphatic carbocycles. The van der Waals surface area contributed by atoms with Gasteiger partial charge in [-0.2, -0.15) is 8.75 Å². The lowest BCUT2D eigenvalue weighted by atomic mass is 10.2. The van der Waals surface area contributed by atoms with E-state index in [0.717, 1.165) is 11.7 Å². The molecule has 0 aliphatic rings. The maximum absolute atomic E-state index is 12.3. The second kappa shape index (κ2) is 5.67. The van der Waals surface area contributed by atoms with Crippen molar-refractivity contribution in [3.05, 3.63) is 47.0 Å². The van der Waals surface area contributed by atoms with E-state index in [1.807, 2.05) is 0 Å². The molecule has 0 bridgehead atoms. The molecular weight excluding hydrogens is 310 g/mol. The van der Waals surface area contributed by atoms with Crippen LogP contribution < -0.4 is 10.1 Å². The molecule has 0 radical (unpaired) electrons. The van der Waals surface area contributed by atoms with Crippen LogP contribution in [0.4, 0.5) is 5.69 Å². The minimum absolute atomic E-state index is 0.281. The molecule has 5 nitrogen and oxygen atoms in total. The summed E-state index contributed by atoms with van der Waals surface area (Å²) in [6, 6.07) is 10.3. The number of halogens is 1. The van der Waals surface area contributed by atoms with Gasteiger partial charge < -0.3 is 10.1 Å². The normalized spacial score (nSPS) is 10.6. The minimum atomic E-state index is -0.281. The zero-order valence-corrected chi connectivity index (χ0v) is 12.5. The van der Waals surface area contributed by atoms with Crippen LogP contribution in [0.3, 0.4) is 0 Å². The molecule has 1 aromatic heterocycles. The van der Waals surface area contributed by atoms with Crippen molar-refractivity contribution in [1.29, 1.82) is 0 Å². The summed E-state index contributed by atoms with van der Waals surface area (Å²) < 4.78 is 13.4. The van der Waals surface area contributed by atoms with Crippen molar-refractivity contribution in [3.63, 3.8) is 0 Å². The van der Waals surface area contributed by atoms with Crippen molar-refractivity contribution < 1.29 is 9.53 Å². The van der Waals surface area contributed by atoms with Gasteiger partial charge in [0, 0.05) is 5.56 Å². The second-order valence-electron chi connectivity index (χ2n) is 4.24. The molecular formula is C14H10ClN3O2S. The highest BCUT2D eigenvalue weighted by atomic mass is 35.5. The molecule has 106 valence electrons. The lowest BCUT2D eigenvalue weighted by molar-refractivity contribution is 0.102. The number of rotatable bonds is 3. The average molecular weight is 320 g/mol. The molecule has 3 rings (SSSR count). The highest BCUT2D eigenvalue weighted by Gasteiger charge is 2.14. The van der Waals surface area contributed by atoms with Crippen molar-refractivity contribution in [2.75, 3.05) is 12.4 Å². The van der Waals surface area contributed by atoms with Gasteiger partial charge in [-0.25, -0.2) is 0 Å². The number of nitrogens with one attached hydrogen (secondary N) is 1. The van der Waals surface area contributed by atoms with Crippen LogP contribution >= 0.6 is 23.3 Å². The van der Waals surface area contributed by atoms with Crippen LogP contribution in [0, 0.1) is 0 Å². The van der Waals surface area contributed by atoms with Crippen LogP contribution in [0.25, 0.3) is 11.0 Å². The van der Waals surface area contributed by atoms with Crippen molar-refractivity contribution in [3.8, 4) is 5.75 Å². The van der Waals surface area contributed by atoms with E-state index in [2.05, 4.69) is 14.1 Å². The number of ether oxygens (including phenoxy) is 1. The minimum Gasteiger partial charge on any atom is -0.497 e. The Morgan fingerprint density at radius 1 is 1.29 bits per heavy atom. The molecule has 7 heteroatoms. The molecule has 0 fully saturated rings. The third-order valence-electron chi connectivity index (χ3n) is 2.95. The summed E-state index contributed by atoms with van der Waals surface area (Å²) in [6.45, 7) is 0. The number of methoxy groups -OCH3 is 1. The van der Waals surface area contributed by atoms with Gasteiger partial charge in [-0.1, -0.05) is 17.7 Å². The SMILES string of the molecule is COc1cccc(C(=O)Nc2c(Cl)ccc3nsnc23)c1. The van der Waals surface area contributed by atoms with Gasteiger partial charge in [0.1, 0.15) is 16.8 Å². The summed E-state index contributed by atoms with van der Waals surface area (Å²) in [5, 5.41) is 3.21. The molecule has 0 saturated heterocycles. The van der Waals surface area contributed by atoms with E-state index in [9.17, 15) is 4.79 Å². The molecule has 1 heterocycles. The molecule has 1 N–H and O–H groups in total. The Morgan fingerprint density at radius 3 is 2.95 bits per heavy atom. The van der Waals surface area contributed by atoms with E-state index in [-0.39, 0.29) is 5.91 Å². The van der Waals surface area contributed by atoms with Gasteiger partial charge in [-0.05, 0) is 30.3 Å². The summed E-state index contributed by atoms with van der Waals surface area (Å²) in [5.74, 6) is 0.332. The topological polar surface area (TPSA) is 64.1 Å². The summed E-state index contributed by atoms with van der Waals surface area (Å²) in [4.78, 5) is 12.3. The number of anilines is 1. The van der Waals surface area contributed by atoms with Crippen molar-refractivity contribution in [2.45, 2.75) is 0 Å². The standard InChI is InChI=1S/C14H10ClN3O2S/c1-20-9-4-2-3-8(7-9)14(19)16-12-10(15)5-6-11-13(12)18-21-17-11/h2-7H,1H3,(H,16,19). The van der Waals surface area contributed by atoms with Gasteiger partial charge in [0.05, 0.1) is 29.5 Å². The van der Waals surface area contributed by atoms with Gasteiger partial charge in [0.2, 0.25) is 0 Å². The molecule has 21 heavy (non-hydrogen) atoms. The summed E-state index contributed by atoms with van der Waals surface area (Å²) in [5.41, 5.74) is 2.23. The quantitative estimate of drug-likeness (QED) is 0.801. The van der Waals surface area contributed by atoms with Crippen LogP contribution in [0.5, 0.6) is 5.75 Å². The smallest absolute Gasteiger partial charge is 0.255 e. The summed E-state index contributed by atoms with van der Waals surface area (Å²) >= 11 is 7.22. The van der Waals surface area contributed by atoms with E-state index in [1.54, 1.807) is 43.5 Å². The van der Waals surface area contributed by atoms with E-state index >= 15 is 0 Å². The number of nitrogens with zero attached hydrogens (tertiary/aromatic N) is 2. The van der Waals surface area contributed by atoms with Crippen LogP contribution in [-0.2, 0) is 0 Å². The predicted octanol–water partition coefficient (Wildman–Crippen LogP) is 3.61. The first-order valence-electron chi connectivity index (χ1n) is 6.05. The first-order chi connectivity index (χ1) is 10.2. The fourth-order valence-corrected chi connectivity index (χ4v) is 2.64. The number of amides is 1. The zero-order valence-electron chi connectivity index (χ0n) is 11.0. The van der Waals surface area contributed by atoms with Crippen LogP contribution in [0.2, 0.25) is 5.02 Å². The van der Waals surface area contributed by atoms with Crippen LogP contribution in [-0.4, -0.2) is 21.8 Å². The zero-order chi connectivity index (χ0) is 14.8. The fraction of sp³-hybridized carbons (Fsp3) is 0.0714. The number of carbonyl (C=O) groups is 1. The molecule has 0 spiro atoms. The summed E-state index contributed by atoms with van der Waals surface area (Å²) in [6.07, 6.45) is 0. The Bertz CT molecular complexity index is 819. The van der Waals surface area contributed by atoms with Gasteiger partial charge in [-0.15, -0.1) is 0 Å². The maximum Gasteiger partial charge on any atom is 0.255 e. The van der Waals surface area contributed by atoms with E-state index < -0.39 is 0 Å². The number of fused-ring (bicyclic) bond motifs is 1. The molecule has 1 amide bonds. The van der Waals surface area contributed by atoms with Crippen molar-refractivity contribution in [2.24, 2.45) is 0 Å². The average Bonchev–Trinajstić information content (AvgIpc) is 2.99. The second-order valence-corrected chi connectivity index (χ2v) is 5.18. The molecule has 3 aromatic rings. The summed E-state index contributed by atoms with van der Waals surface area (Å²) in [7, 11) is 1.55. The van der Waals surface area contributed by atoms with Gasteiger partial charge in [0.15, 0.2) is 0 Å². The third-order valence-corrected chi connectivity index (χ3v) is 3.81. The maximum atomic E-state index is 12.3. The Morgan fingerprint density at radius 2 is 2.14 bits per heavy atom. The Hall–Kier alpha value is -2.18. The number of hydrogen-bond donors (Lipinski definition) is 1. The van der Waals surface area contributed by atoms with E-state index in [1.165, 1.54) is 0 Å². The highest BCUT2D eigenvalue weighted by molar-refractivity contribution is 7.00. The van der Waals surface area contributed by atoms with Crippen LogP contribution in [0.1, 0.15) is 10.4 Å².